The minimum absolute atomic E-state index is 0.0283. The molecule has 2 aliphatic rings. The van der Waals surface area contributed by atoms with Crippen molar-refractivity contribution in [3.63, 3.8) is 0 Å². The monoisotopic (exact) mass is 514 g/mol. The number of rotatable bonds is 5. The summed E-state index contributed by atoms with van der Waals surface area (Å²) in [6.45, 7) is 4.10. The number of non-ortho nitro benzene ring substituents is 1. The molecule has 0 unspecified atom stereocenters. The Balaban J connectivity index is 1.57. The first-order chi connectivity index (χ1) is 17.4. The fourth-order valence-electron chi connectivity index (χ4n) is 4.86. The molecule has 1 N–H and O–H groups in total. The van der Waals surface area contributed by atoms with E-state index in [1.165, 1.54) is 10.8 Å². The van der Waals surface area contributed by atoms with Crippen LogP contribution in [0.5, 0.6) is 0 Å². The number of pyridine rings is 2. The number of nitriles is 1. The zero-order valence-electron chi connectivity index (χ0n) is 19.8. The van der Waals surface area contributed by atoms with Crippen LogP contribution in [0.3, 0.4) is 0 Å². The lowest BCUT2D eigenvalue weighted by molar-refractivity contribution is -0.385. The number of hydrogen-bond acceptors (Lipinski definition) is 8. The lowest BCUT2D eigenvalue weighted by Crippen LogP contribution is -2.67. The first-order valence-electron chi connectivity index (χ1n) is 11.3. The number of benzene rings is 1. The number of alkyl halides is 3. The molecule has 2 saturated heterocycles. The molecule has 5 rings (SSSR count). The Morgan fingerprint density at radius 2 is 1.97 bits per heavy atom. The molecule has 2 aliphatic heterocycles. The number of nitro benzene ring substituents is 1. The van der Waals surface area contributed by atoms with Crippen LogP contribution < -0.4 is 15.8 Å². The topological polar surface area (TPSA) is 126 Å². The number of aromatic nitrogens is 2. The Hall–Kier alpha value is -4.18. The largest absolute Gasteiger partial charge is 0.416 e. The summed E-state index contributed by atoms with van der Waals surface area (Å²) in [7, 11) is 1.54. The normalized spacial score (nSPS) is 17.1. The second-order valence-corrected chi connectivity index (χ2v) is 9.57. The van der Waals surface area contributed by atoms with Crippen LogP contribution >= 0.6 is 0 Å². The van der Waals surface area contributed by atoms with Crippen molar-refractivity contribution >= 4 is 28.1 Å². The number of aryl methyl sites for hydroxylation is 1. The standard InChI is InChI=1S/C24H21F3N6O4/c1-13(14-3-16(24(25,26)27)5-17(4-14)33(35)36)30-21-18-6-19(32-9-23(10-32)11-37-12-23)22(34)31(2)20(18)15(7-28)8-29-21/h3-6,8,13H,9-12H2,1-2H3,(H,29,30)/t13-/m1/s1. The third kappa shape index (κ3) is 4.13. The van der Waals surface area contributed by atoms with Crippen molar-refractivity contribution in [3.05, 3.63) is 67.6 Å². The second kappa shape index (κ2) is 8.45. The maximum atomic E-state index is 13.4. The molecule has 13 heteroatoms. The SMILES string of the molecule is C[C@@H](Nc1ncc(C#N)c2c1cc(N1CC3(COC3)C1)c(=O)n2C)c1cc([N+](=O)[O-])cc(C(F)(F)F)c1. The fourth-order valence-corrected chi connectivity index (χ4v) is 4.86. The molecule has 4 heterocycles. The molecule has 1 aromatic carbocycles. The van der Waals surface area contributed by atoms with Gasteiger partial charge < -0.3 is 19.5 Å². The van der Waals surface area contributed by atoms with E-state index in [-0.39, 0.29) is 27.9 Å². The van der Waals surface area contributed by atoms with Crippen molar-refractivity contribution in [2.45, 2.75) is 19.1 Å². The molecular formula is C24H21F3N6O4. The van der Waals surface area contributed by atoms with Gasteiger partial charge in [0.2, 0.25) is 0 Å². The Labute approximate surface area is 208 Å². The zero-order valence-corrected chi connectivity index (χ0v) is 19.8. The van der Waals surface area contributed by atoms with Crippen LogP contribution in [0.15, 0.2) is 35.3 Å². The Bertz CT molecular complexity index is 1530. The van der Waals surface area contributed by atoms with Gasteiger partial charge in [0.15, 0.2) is 0 Å². The number of nitrogens with one attached hydrogen (secondary N) is 1. The minimum atomic E-state index is -4.77. The number of nitro groups is 1. The van der Waals surface area contributed by atoms with Crippen molar-refractivity contribution in [1.82, 2.24) is 9.55 Å². The van der Waals surface area contributed by atoms with E-state index >= 15 is 0 Å². The van der Waals surface area contributed by atoms with Crippen LogP contribution in [0.25, 0.3) is 10.9 Å². The van der Waals surface area contributed by atoms with E-state index in [1.807, 2.05) is 11.0 Å². The van der Waals surface area contributed by atoms with Crippen molar-refractivity contribution in [2.24, 2.45) is 12.5 Å². The minimum Gasteiger partial charge on any atom is -0.380 e. The highest BCUT2D eigenvalue weighted by Gasteiger charge is 2.49. The van der Waals surface area contributed by atoms with Crippen LogP contribution in [0.1, 0.15) is 29.7 Å². The Kier molecular flexibility index (Phi) is 5.60. The average molecular weight is 514 g/mol. The van der Waals surface area contributed by atoms with E-state index in [4.69, 9.17) is 4.74 Å². The third-order valence-electron chi connectivity index (χ3n) is 6.89. The molecule has 1 atom stereocenters. The summed E-state index contributed by atoms with van der Waals surface area (Å²) in [6.07, 6.45) is -3.50. The summed E-state index contributed by atoms with van der Waals surface area (Å²) in [6, 6.07) is 5.22. The van der Waals surface area contributed by atoms with Gasteiger partial charge in [0.1, 0.15) is 17.6 Å². The molecule has 192 valence electrons. The fraction of sp³-hybridized carbons (Fsp3) is 0.375. The van der Waals surface area contributed by atoms with Gasteiger partial charge >= 0.3 is 6.18 Å². The second-order valence-electron chi connectivity index (χ2n) is 9.57. The quantitative estimate of drug-likeness (QED) is 0.403. The van der Waals surface area contributed by atoms with Crippen molar-refractivity contribution < 1.29 is 22.8 Å². The highest BCUT2D eigenvalue weighted by molar-refractivity contribution is 5.95. The average Bonchev–Trinajstić information content (AvgIpc) is 2.79. The molecule has 10 nitrogen and oxygen atoms in total. The number of fused-ring (bicyclic) bond motifs is 1. The van der Waals surface area contributed by atoms with Crippen LogP contribution in [0.2, 0.25) is 0 Å². The van der Waals surface area contributed by atoms with Gasteiger partial charge in [-0.2, -0.15) is 18.4 Å². The van der Waals surface area contributed by atoms with E-state index in [2.05, 4.69) is 10.3 Å². The van der Waals surface area contributed by atoms with Gasteiger partial charge in [-0.3, -0.25) is 14.9 Å². The summed E-state index contributed by atoms with van der Waals surface area (Å²) in [5.41, 5.74) is -1.17. The maximum Gasteiger partial charge on any atom is 0.416 e. The van der Waals surface area contributed by atoms with Gasteiger partial charge in [0.05, 0.1) is 46.2 Å². The summed E-state index contributed by atoms with van der Waals surface area (Å²) >= 11 is 0. The van der Waals surface area contributed by atoms with E-state index < -0.39 is 28.4 Å². The first-order valence-corrected chi connectivity index (χ1v) is 11.3. The van der Waals surface area contributed by atoms with Crippen LogP contribution in [-0.4, -0.2) is 40.8 Å². The molecule has 0 saturated carbocycles. The summed E-state index contributed by atoms with van der Waals surface area (Å²) in [5, 5.41) is 24.3. The number of halogens is 3. The molecule has 2 fully saturated rings. The van der Waals surface area contributed by atoms with Crippen molar-refractivity contribution in [3.8, 4) is 6.07 Å². The van der Waals surface area contributed by atoms with Crippen molar-refractivity contribution in [1.29, 1.82) is 5.26 Å². The lowest BCUT2D eigenvalue weighted by Gasteiger charge is -2.55. The molecule has 0 amide bonds. The Morgan fingerprint density at radius 3 is 2.54 bits per heavy atom. The summed E-state index contributed by atoms with van der Waals surface area (Å²) in [4.78, 5) is 29.8. The van der Waals surface area contributed by atoms with Crippen molar-refractivity contribution in [2.75, 3.05) is 36.5 Å². The van der Waals surface area contributed by atoms with Crippen LogP contribution in [0.4, 0.5) is 30.4 Å². The zero-order chi connectivity index (χ0) is 26.7. The highest BCUT2D eigenvalue weighted by atomic mass is 19.4. The first kappa shape index (κ1) is 24.5. The lowest BCUT2D eigenvalue weighted by atomic mass is 9.78. The number of hydrogen-bond donors (Lipinski definition) is 1. The number of nitrogens with zero attached hydrogens (tertiary/aromatic N) is 5. The molecule has 0 bridgehead atoms. The maximum absolute atomic E-state index is 13.4. The van der Waals surface area contributed by atoms with Gasteiger partial charge in [-0.15, -0.1) is 0 Å². The summed E-state index contributed by atoms with van der Waals surface area (Å²) in [5.74, 6) is 0.223. The molecule has 2 aromatic heterocycles. The number of anilines is 2. The predicted octanol–water partition coefficient (Wildman–Crippen LogP) is 3.74. The predicted molar refractivity (Wildman–Crippen MR) is 127 cm³/mol. The molecule has 0 radical (unpaired) electrons. The van der Waals surface area contributed by atoms with E-state index in [0.29, 0.717) is 49.0 Å². The van der Waals surface area contributed by atoms with Gasteiger partial charge in [0.25, 0.3) is 11.2 Å². The van der Waals surface area contributed by atoms with Crippen LogP contribution in [-0.2, 0) is 18.0 Å². The van der Waals surface area contributed by atoms with E-state index in [9.17, 15) is 33.3 Å². The molecule has 3 aromatic rings. The molecule has 0 aliphatic carbocycles. The molecular weight excluding hydrogens is 493 g/mol. The smallest absolute Gasteiger partial charge is 0.380 e. The van der Waals surface area contributed by atoms with Gasteiger partial charge in [-0.1, -0.05) is 0 Å². The summed E-state index contributed by atoms with van der Waals surface area (Å²) < 4.78 is 46.8. The third-order valence-corrected chi connectivity index (χ3v) is 6.89. The number of ether oxygens (including phenoxy) is 1. The molecule has 37 heavy (non-hydrogen) atoms. The van der Waals surface area contributed by atoms with E-state index in [0.717, 1.165) is 12.1 Å². The van der Waals surface area contributed by atoms with Gasteiger partial charge in [-0.05, 0) is 24.6 Å². The van der Waals surface area contributed by atoms with Gasteiger partial charge in [0, 0.05) is 43.9 Å². The highest BCUT2D eigenvalue weighted by Crippen LogP contribution is 2.40. The molecule has 1 spiro atoms. The Morgan fingerprint density at radius 1 is 1.27 bits per heavy atom. The van der Waals surface area contributed by atoms with E-state index in [1.54, 1.807) is 20.0 Å². The van der Waals surface area contributed by atoms with Gasteiger partial charge in [-0.25, -0.2) is 4.98 Å². The van der Waals surface area contributed by atoms with Crippen LogP contribution in [0, 0.1) is 26.9 Å².